The van der Waals surface area contributed by atoms with Gasteiger partial charge in [0.15, 0.2) is 0 Å². The van der Waals surface area contributed by atoms with Crippen molar-refractivity contribution in [1.29, 1.82) is 0 Å². The molecular formula is C14H22N2O. The molecule has 0 amide bonds. The average Bonchev–Trinajstić information content (AvgIpc) is 2.71. The molecule has 1 saturated heterocycles. The van der Waals surface area contributed by atoms with E-state index in [0.717, 1.165) is 44.8 Å². The number of likely N-dealkylation sites (tertiary alicyclic amines) is 1. The zero-order valence-electron chi connectivity index (χ0n) is 10.6. The van der Waals surface area contributed by atoms with E-state index in [1.54, 1.807) is 0 Å². The van der Waals surface area contributed by atoms with Crippen LogP contribution in [0.5, 0.6) is 5.75 Å². The van der Waals surface area contributed by atoms with Gasteiger partial charge in [0.1, 0.15) is 5.75 Å². The number of hydrogen-bond donors (Lipinski definition) is 1. The zero-order valence-corrected chi connectivity index (χ0v) is 10.6. The van der Waals surface area contributed by atoms with E-state index in [1.165, 1.54) is 5.56 Å². The lowest BCUT2D eigenvalue weighted by molar-refractivity contribution is 0.262. The van der Waals surface area contributed by atoms with Crippen molar-refractivity contribution in [2.24, 2.45) is 5.73 Å². The molecule has 2 N–H and O–H groups in total. The van der Waals surface area contributed by atoms with E-state index in [4.69, 9.17) is 10.5 Å². The summed E-state index contributed by atoms with van der Waals surface area (Å²) in [5.41, 5.74) is 7.11. The van der Waals surface area contributed by atoms with Crippen LogP contribution >= 0.6 is 0 Å². The highest BCUT2D eigenvalue weighted by Gasteiger charge is 2.17. The third-order valence-electron chi connectivity index (χ3n) is 3.19. The fourth-order valence-electron chi connectivity index (χ4n) is 2.25. The molecule has 0 aliphatic carbocycles. The largest absolute Gasteiger partial charge is 0.494 e. The highest BCUT2D eigenvalue weighted by Crippen LogP contribution is 2.13. The summed E-state index contributed by atoms with van der Waals surface area (Å²) in [6, 6.07) is 8.58. The highest BCUT2D eigenvalue weighted by atomic mass is 16.5. The van der Waals surface area contributed by atoms with Gasteiger partial charge in [0.25, 0.3) is 0 Å². The van der Waals surface area contributed by atoms with Crippen molar-refractivity contribution in [2.45, 2.75) is 25.8 Å². The Labute approximate surface area is 104 Å². The Balaban J connectivity index is 1.63. The van der Waals surface area contributed by atoms with Gasteiger partial charge < -0.3 is 15.4 Å². The molecule has 0 unspecified atom stereocenters. The Hall–Kier alpha value is -1.06. The normalized spacial score (nSPS) is 20.7. The molecule has 0 aromatic heterocycles. The third kappa shape index (κ3) is 4.02. The van der Waals surface area contributed by atoms with Gasteiger partial charge in [-0.3, -0.25) is 0 Å². The van der Waals surface area contributed by atoms with Crippen molar-refractivity contribution < 1.29 is 4.74 Å². The van der Waals surface area contributed by atoms with E-state index < -0.39 is 0 Å². The molecule has 17 heavy (non-hydrogen) atoms. The molecule has 3 nitrogen and oxygen atoms in total. The molecule has 1 aromatic rings. The average molecular weight is 234 g/mol. The first-order chi connectivity index (χ1) is 8.24. The summed E-state index contributed by atoms with van der Waals surface area (Å²) in [4.78, 5) is 2.42. The quantitative estimate of drug-likeness (QED) is 0.790. The molecule has 1 fully saturated rings. The van der Waals surface area contributed by atoms with Gasteiger partial charge >= 0.3 is 0 Å². The molecule has 0 spiro atoms. The number of nitrogens with two attached hydrogens (primary N) is 1. The van der Waals surface area contributed by atoms with E-state index in [0.29, 0.717) is 6.04 Å². The first-order valence-electron chi connectivity index (χ1n) is 6.41. The summed E-state index contributed by atoms with van der Waals surface area (Å²) in [5.74, 6) is 0.975. The zero-order chi connectivity index (χ0) is 12.1. The smallest absolute Gasteiger partial charge is 0.119 e. The molecule has 1 atom stereocenters. The van der Waals surface area contributed by atoms with Gasteiger partial charge in [-0.1, -0.05) is 12.1 Å². The standard InChI is InChI=1S/C14H22N2O/c1-12-4-2-5-14(10-12)17-9-3-7-16-8-6-13(15)11-16/h2,4-5,10,13H,3,6-9,11,15H2,1H3/t13-/m0/s1. The van der Waals surface area contributed by atoms with Crippen LogP contribution < -0.4 is 10.5 Å². The topological polar surface area (TPSA) is 38.5 Å². The molecule has 0 bridgehead atoms. The Morgan fingerprint density at radius 1 is 1.47 bits per heavy atom. The van der Waals surface area contributed by atoms with Crippen LogP contribution in [0.2, 0.25) is 0 Å². The van der Waals surface area contributed by atoms with Crippen molar-refractivity contribution in [3.63, 3.8) is 0 Å². The summed E-state index contributed by atoms with van der Waals surface area (Å²) in [7, 11) is 0. The van der Waals surface area contributed by atoms with Crippen LogP contribution in [0, 0.1) is 6.92 Å². The van der Waals surface area contributed by atoms with Gasteiger partial charge in [-0.15, -0.1) is 0 Å². The summed E-state index contributed by atoms with van der Waals surface area (Å²) >= 11 is 0. The van der Waals surface area contributed by atoms with Crippen LogP contribution in [0.4, 0.5) is 0 Å². The van der Waals surface area contributed by atoms with Crippen LogP contribution in [0.3, 0.4) is 0 Å². The van der Waals surface area contributed by atoms with Gasteiger partial charge in [0, 0.05) is 19.1 Å². The number of ether oxygens (including phenoxy) is 1. The molecular weight excluding hydrogens is 212 g/mol. The van der Waals surface area contributed by atoms with Gasteiger partial charge in [-0.25, -0.2) is 0 Å². The first-order valence-corrected chi connectivity index (χ1v) is 6.41. The van der Waals surface area contributed by atoms with E-state index >= 15 is 0 Å². The molecule has 1 aliphatic rings. The summed E-state index contributed by atoms with van der Waals surface area (Å²) in [5, 5.41) is 0. The number of benzene rings is 1. The van der Waals surface area contributed by atoms with Gasteiger partial charge in [0.2, 0.25) is 0 Å². The molecule has 0 saturated carbocycles. The molecule has 94 valence electrons. The maximum Gasteiger partial charge on any atom is 0.119 e. The monoisotopic (exact) mass is 234 g/mol. The van der Waals surface area contributed by atoms with Crippen LogP contribution in [0.15, 0.2) is 24.3 Å². The van der Waals surface area contributed by atoms with Gasteiger partial charge in [-0.05, 0) is 44.0 Å². The maximum atomic E-state index is 5.86. The van der Waals surface area contributed by atoms with Crippen molar-refractivity contribution in [3.05, 3.63) is 29.8 Å². The lowest BCUT2D eigenvalue weighted by atomic mass is 10.2. The number of hydrogen-bond acceptors (Lipinski definition) is 3. The van der Waals surface area contributed by atoms with E-state index in [1.807, 2.05) is 12.1 Å². The minimum absolute atomic E-state index is 0.382. The van der Waals surface area contributed by atoms with Crippen molar-refractivity contribution >= 4 is 0 Å². The van der Waals surface area contributed by atoms with Crippen LogP contribution in [-0.4, -0.2) is 37.2 Å². The molecule has 3 heteroatoms. The minimum atomic E-state index is 0.382. The van der Waals surface area contributed by atoms with E-state index in [9.17, 15) is 0 Å². The third-order valence-corrected chi connectivity index (χ3v) is 3.19. The summed E-state index contributed by atoms with van der Waals surface area (Å²) in [6.45, 7) is 6.16. The fourth-order valence-corrected chi connectivity index (χ4v) is 2.25. The van der Waals surface area contributed by atoms with Crippen LogP contribution in [0.1, 0.15) is 18.4 Å². The predicted molar refractivity (Wildman–Crippen MR) is 70.3 cm³/mol. The number of nitrogens with zero attached hydrogens (tertiary/aromatic N) is 1. The van der Waals surface area contributed by atoms with Crippen molar-refractivity contribution in [3.8, 4) is 5.75 Å². The van der Waals surface area contributed by atoms with Crippen LogP contribution in [-0.2, 0) is 0 Å². The Kier molecular flexibility index (Phi) is 4.40. The van der Waals surface area contributed by atoms with Crippen molar-refractivity contribution in [1.82, 2.24) is 4.90 Å². The SMILES string of the molecule is Cc1cccc(OCCCN2CC[C@H](N)C2)c1. The van der Waals surface area contributed by atoms with E-state index in [-0.39, 0.29) is 0 Å². The van der Waals surface area contributed by atoms with Crippen LogP contribution in [0.25, 0.3) is 0 Å². The Morgan fingerprint density at radius 3 is 3.06 bits per heavy atom. The fraction of sp³-hybridized carbons (Fsp3) is 0.571. The molecule has 2 rings (SSSR count). The molecule has 1 aliphatic heterocycles. The maximum absolute atomic E-state index is 5.86. The number of aryl methyl sites for hydroxylation is 1. The first kappa shape index (κ1) is 12.4. The molecule has 0 radical (unpaired) electrons. The van der Waals surface area contributed by atoms with E-state index in [2.05, 4.69) is 24.0 Å². The lowest BCUT2D eigenvalue weighted by Gasteiger charge is -2.15. The number of rotatable bonds is 5. The molecule has 1 heterocycles. The minimum Gasteiger partial charge on any atom is -0.494 e. The van der Waals surface area contributed by atoms with Crippen molar-refractivity contribution in [2.75, 3.05) is 26.2 Å². The summed E-state index contributed by atoms with van der Waals surface area (Å²) < 4.78 is 5.72. The Morgan fingerprint density at radius 2 is 2.35 bits per heavy atom. The predicted octanol–water partition coefficient (Wildman–Crippen LogP) is 1.80. The second-order valence-corrected chi connectivity index (χ2v) is 4.87. The highest BCUT2D eigenvalue weighted by molar-refractivity contribution is 5.27. The second-order valence-electron chi connectivity index (χ2n) is 4.87. The Bertz CT molecular complexity index is 354. The molecule has 1 aromatic carbocycles. The van der Waals surface area contributed by atoms with Gasteiger partial charge in [-0.2, -0.15) is 0 Å². The second kappa shape index (κ2) is 6.03. The summed E-state index contributed by atoms with van der Waals surface area (Å²) in [6.07, 6.45) is 2.21. The lowest BCUT2D eigenvalue weighted by Crippen LogP contribution is -2.28. The van der Waals surface area contributed by atoms with Gasteiger partial charge in [0.05, 0.1) is 6.61 Å².